The molecule has 0 aromatic heterocycles. The average Bonchev–Trinajstić information content (AvgIpc) is 3.09. The van der Waals surface area contributed by atoms with Crippen LogP contribution in [-0.2, 0) is 0 Å². The number of halogens is 2. The van der Waals surface area contributed by atoms with Gasteiger partial charge in [-0.3, -0.25) is 9.29 Å². The number of nitrogens with zero attached hydrogens (tertiary/aromatic N) is 1. The fourth-order valence-electron chi connectivity index (χ4n) is 3.94. The first-order valence-electron chi connectivity index (χ1n) is 10.0. The lowest BCUT2D eigenvalue weighted by atomic mass is 9.96. The smallest absolute Gasteiger partial charge is 0.119 e. The fourth-order valence-corrected chi connectivity index (χ4v) is 5.90. The number of ether oxygens (including phenoxy) is 1. The zero-order chi connectivity index (χ0) is 20.2. The Kier molecular flexibility index (Phi) is 6.83. The molecule has 1 saturated heterocycles. The second-order valence-electron chi connectivity index (χ2n) is 7.45. The van der Waals surface area contributed by atoms with E-state index >= 15 is 0 Å². The number of aromatic hydroxyl groups is 1. The second kappa shape index (κ2) is 9.54. The van der Waals surface area contributed by atoms with E-state index in [0.717, 1.165) is 60.0 Å². The van der Waals surface area contributed by atoms with E-state index in [-0.39, 0.29) is 12.8 Å². The standard InChI is InChI=1S/C23H25BrFNO2S/c24-21-9-13-29-22-14-17(27)4-7-20(22)23(21)16-2-5-18(6-3-16)28-19-8-12-26(15-19)11-1-10-25/h2-7,14,19,27H,1,8-13,15H2. The monoisotopic (exact) mass is 477 g/mol. The summed E-state index contributed by atoms with van der Waals surface area (Å²) in [4.78, 5) is 3.38. The maximum absolute atomic E-state index is 12.4. The topological polar surface area (TPSA) is 32.7 Å². The van der Waals surface area contributed by atoms with Gasteiger partial charge in [-0.25, -0.2) is 0 Å². The van der Waals surface area contributed by atoms with Crippen molar-refractivity contribution in [3.8, 4) is 11.5 Å². The number of thioether (sulfide) groups is 1. The molecule has 2 aliphatic heterocycles. The summed E-state index contributed by atoms with van der Waals surface area (Å²) in [7, 11) is 0. The first-order valence-corrected chi connectivity index (χ1v) is 11.8. The SMILES string of the molecule is Oc1ccc2c(c1)SCCC(Br)=C2c1ccc(OC2CCN(CCCF)C2)cc1. The molecule has 2 aromatic rings. The van der Waals surface area contributed by atoms with Crippen LogP contribution < -0.4 is 4.74 Å². The first-order chi connectivity index (χ1) is 14.1. The Morgan fingerprint density at radius 3 is 2.83 bits per heavy atom. The number of rotatable bonds is 6. The normalized spacial score (nSPS) is 19.9. The molecule has 29 heavy (non-hydrogen) atoms. The van der Waals surface area contributed by atoms with Crippen molar-refractivity contribution in [3.63, 3.8) is 0 Å². The van der Waals surface area contributed by atoms with Crippen LogP contribution in [-0.4, -0.2) is 48.2 Å². The molecule has 2 aromatic carbocycles. The maximum atomic E-state index is 12.4. The fraction of sp³-hybridized carbons (Fsp3) is 0.391. The van der Waals surface area contributed by atoms with Gasteiger partial charge in [0, 0.05) is 40.3 Å². The third kappa shape index (κ3) is 4.98. The first kappa shape index (κ1) is 20.8. The van der Waals surface area contributed by atoms with Crippen molar-refractivity contribution >= 4 is 33.3 Å². The van der Waals surface area contributed by atoms with Crippen LogP contribution in [0.5, 0.6) is 11.5 Å². The van der Waals surface area contributed by atoms with Crippen LogP contribution >= 0.6 is 27.7 Å². The largest absolute Gasteiger partial charge is 0.508 e. The van der Waals surface area contributed by atoms with E-state index in [1.165, 1.54) is 10.1 Å². The minimum absolute atomic E-state index is 0.171. The summed E-state index contributed by atoms with van der Waals surface area (Å²) in [5.41, 5.74) is 3.45. The molecule has 6 heteroatoms. The molecule has 3 nitrogen and oxygen atoms in total. The minimum atomic E-state index is -0.254. The minimum Gasteiger partial charge on any atom is -0.508 e. The Labute approximate surface area is 184 Å². The van der Waals surface area contributed by atoms with Gasteiger partial charge in [0.25, 0.3) is 0 Å². The molecule has 0 spiro atoms. The van der Waals surface area contributed by atoms with Crippen LogP contribution in [0.1, 0.15) is 30.4 Å². The van der Waals surface area contributed by atoms with Gasteiger partial charge in [-0.2, -0.15) is 0 Å². The molecule has 154 valence electrons. The summed E-state index contributed by atoms with van der Waals surface area (Å²) < 4.78 is 19.7. The molecule has 2 heterocycles. The van der Waals surface area contributed by atoms with Crippen molar-refractivity contribution in [1.29, 1.82) is 0 Å². The number of hydrogen-bond donors (Lipinski definition) is 1. The third-order valence-electron chi connectivity index (χ3n) is 5.37. The maximum Gasteiger partial charge on any atom is 0.119 e. The zero-order valence-electron chi connectivity index (χ0n) is 16.2. The molecule has 1 N–H and O–H groups in total. The van der Waals surface area contributed by atoms with Crippen molar-refractivity contribution in [1.82, 2.24) is 4.90 Å². The Morgan fingerprint density at radius 1 is 1.21 bits per heavy atom. The van der Waals surface area contributed by atoms with Gasteiger partial charge in [-0.05, 0) is 60.7 Å². The van der Waals surface area contributed by atoms with E-state index in [9.17, 15) is 9.50 Å². The molecular weight excluding hydrogens is 453 g/mol. The molecule has 0 amide bonds. The van der Waals surface area contributed by atoms with Gasteiger partial charge < -0.3 is 9.84 Å². The van der Waals surface area contributed by atoms with Gasteiger partial charge in [-0.1, -0.05) is 28.1 Å². The highest BCUT2D eigenvalue weighted by Crippen LogP contribution is 2.42. The van der Waals surface area contributed by atoms with E-state index in [0.29, 0.717) is 12.2 Å². The lowest BCUT2D eigenvalue weighted by Crippen LogP contribution is -2.26. The summed E-state index contributed by atoms with van der Waals surface area (Å²) in [5, 5.41) is 9.86. The van der Waals surface area contributed by atoms with E-state index in [1.807, 2.05) is 24.3 Å². The van der Waals surface area contributed by atoms with Crippen molar-refractivity contribution in [2.75, 3.05) is 32.1 Å². The molecular formula is C23H25BrFNO2S. The summed E-state index contributed by atoms with van der Waals surface area (Å²) in [6.45, 7) is 2.40. The number of benzene rings is 2. The lowest BCUT2D eigenvalue weighted by Gasteiger charge is -2.17. The second-order valence-corrected chi connectivity index (χ2v) is 9.55. The van der Waals surface area contributed by atoms with Crippen LogP contribution in [0, 0.1) is 0 Å². The van der Waals surface area contributed by atoms with Gasteiger partial charge in [0.05, 0.1) is 6.67 Å². The molecule has 0 bridgehead atoms. The van der Waals surface area contributed by atoms with E-state index in [2.05, 4.69) is 33.0 Å². The van der Waals surface area contributed by atoms with Gasteiger partial charge in [0.1, 0.15) is 17.6 Å². The molecule has 1 unspecified atom stereocenters. The number of phenolic OH excluding ortho intramolecular Hbond substituents is 1. The van der Waals surface area contributed by atoms with Crippen molar-refractivity contribution < 1.29 is 14.2 Å². The van der Waals surface area contributed by atoms with Crippen LogP contribution in [0.3, 0.4) is 0 Å². The van der Waals surface area contributed by atoms with Crippen LogP contribution in [0.4, 0.5) is 4.39 Å². The van der Waals surface area contributed by atoms with E-state index in [1.54, 1.807) is 17.8 Å². The van der Waals surface area contributed by atoms with Crippen LogP contribution in [0.2, 0.25) is 0 Å². The zero-order valence-corrected chi connectivity index (χ0v) is 18.6. The number of phenols is 1. The summed E-state index contributed by atoms with van der Waals surface area (Å²) in [5.74, 6) is 2.15. The van der Waals surface area contributed by atoms with E-state index in [4.69, 9.17) is 4.74 Å². The highest BCUT2D eigenvalue weighted by atomic mass is 79.9. The Hall–Kier alpha value is -1.50. The van der Waals surface area contributed by atoms with Gasteiger partial charge in [0.2, 0.25) is 0 Å². The van der Waals surface area contributed by atoms with Crippen molar-refractivity contribution in [2.24, 2.45) is 0 Å². The number of fused-ring (bicyclic) bond motifs is 1. The predicted octanol–water partition coefficient (Wildman–Crippen LogP) is 5.86. The number of hydrogen-bond acceptors (Lipinski definition) is 4. The molecule has 4 rings (SSSR count). The average molecular weight is 478 g/mol. The van der Waals surface area contributed by atoms with Crippen LogP contribution in [0.25, 0.3) is 5.57 Å². The Bertz CT molecular complexity index is 887. The van der Waals surface area contributed by atoms with Crippen molar-refractivity contribution in [3.05, 3.63) is 58.1 Å². The highest BCUT2D eigenvalue weighted by Gasteiger charge is 2.24. The number of likely N-dealkylation sites (tertiary alicyclic amines) is 1. The van der Waals surface area contributed by atoms with Gasteiger partial charge in [-0.15, -0.1) is 11.8 Å². The molecule has 0 radical (unpaired) electrons. The third-order valence-corrected chi connectivity index (χ3v) is 7.22. The van der Waals surface area contributed by atoms with E-state index < -0.39 is 0 Å². The van der Waals surface area contributed by atoms with Crippen LogP contribution in [0.15, 0.2) is 51.8 Å². The summed E-state index contributed by atoms with van der Waals surface area (Å²) >= 11 is 5.56. The Morgan fingerprint density at radius 2 is 2.03 bits per heavy atom. The van der Waals surface area contributed by atoms with Crippen molar-refractivity contribution in [2.45, 2.75) is 30.3 Å². The molecule has 1 fully saturated rings. The predicted molar refractivity (Wildman–Crippen MR) is 121 cm³/mol. The van der Waals surface area contributed by atoms with Gasteiger partial charge >= 0.3 is 0 Å². The summed E-state index contributed by atoms with van der Waals surface area (Å²) in [6.07, 6.45) is 2.70. The molecule has 0 aliphatic carbocycles. The lowest BCUT2D eigenvalue weighted by molar-refractivity contribution is 0.198. The Balaban J connectivity index is 1.50. The highest BCUT2D eigenvalue weighted by molar-refractivity contribution is 9.11. The molecule has 2 aliphatic rings. The summed E-state index contributed by atoms with van der Waals surface area (Å²) in [6, 6.07) is 13.9. The molecule has 1 atom stereocenters. The molecule has 0 saturated carbocycles. The number of allylic oxidation sites excluding steroid dienone is 1. The number of alkyl halides is 1. The van der Waals surface area contributed by atoms with Gasteiger partial charge in [0.15, 0.2) is 0 Å². The quantitative estimate of drug-likeness (QED) is 0.564.